The number of unbranched alkanes of at least 4 members (excludes halogenated alkanes) is 1. The first kappa shape index (κ1) is 15.3. The molecule has 0 radical (unpaired) electrons. The van der Waals surface area contributed by atoms with Gasteiger partial charge in [-0.3, -0.25) is 4.79 Å². The van der Waals surface area contributed by atoms with Crippen LogP contribution in [-0.2, 0) is 6.54 Å². The Morgan fingerprint density at radius 2 is 2.17 bits per heavy atom. The van der Waals surface area contributed by atoms with E-state index in [1.54, 1.807) is 0 Å². The van der Waals surface area contributed by atoms with Gasteiger partial charge in [0.2, 0.25) is 0 Å². The summed E-state index contributed by atoms with van der Waals surface area (Å²) in [5.74, 6) is 0.765. The summed E-state index contributed by atoms with van der Waals surface area (Å²) in [5, 5.41) is 2.98. The maximum Gasteiger partial charge on any atom is 0.267 e. The zero-order valence-electron chi connectivity index (χ0n) is 11.5. The number of aromatic nitrogens is 1. The summed E-state index contributed by atoms with van der Waals surface area (Å²) >= 11 is 3.40. The summed E-state index contributed by atoms with van der Waals surface area (Å²) in [6.45, 7) is 8.06. The number of rotatable bonds is 7. The SMILES string of the molecule is CCn1cc(Br)cc1C(=O)NCCCCC(C)C. The van der Waals surface area contributed by atoms with Gasteiger partial charge in [-0.2, -0.15) is 0 Å². The van der Waals surface area contributed by atoms with Gasteiger partial charge in [-0.05, 0) is 41.3 Å². The second-order valence-electron chi connectivity index (χ2n) is 4.98. The van der Waals surface area contributed by atoms with E-state index in [-0.39, 0.29) is 5.91 Å². The second kappa shape index (κ2) is 7.62. The maximum absolute atomic E-state index is 12.0. The Balaban J connectivity index is 2.36. The molecular formula is C14H23BrN2O. The van der Waals surface area contributed by atoms with E-state index in [2.05, 4.69) is 35.1 Å². The lowest BCUT2D eigenvalue weighted by atomic mass is 10.1. The van der Waals surface area contributed by atoms with Crippen LogP contribution in [0.5, 0.6) is 0 Å². The molecule has 1 aromatic rings. The molecule has 0 aliphatic heterocycles. The fourth-order valence-electron chi connectivity index (χ4n) is 1.90. The van der Waals surface area contributed by atoms with Crippen LogP contribution in [0.3, 0.4) is 0 Å². The molecule has 1 N–H and O–H groups in total. The quantitative estimate of drug-likeness (QED) is 0.763. The largest absolute Gasteiger partial charge is 0.351 e. The minimum Gasteiger partial charge on any atom is -0.351 e. The van der Waals surface area contributed by atoms with Gasteiger partial charge in [0.05, 0.1) is 0 Å². The van der Waals surface area contributed by atoms with E-state index in [1.165, 1.54) is 12.8 Å². The summed E-state index contributed by atoms with van der Waals surface area (Å²) < 4.78 is 2.90. The normalized spacial score (nSPS) is 10.9. The van der Waals surface area contributed by atoms with E-state index in [4.69, 9.17) is 0 Å². The van der Waals surface area contributed by atoms with Crippen molar-refractivity contribution in [3.05, 3.63) is 22.4 Å². The van der Waals surface area contributed by atoms with Gasteiger partial charge < -0.3 is 9.88 Å². The van der Waals surface area contributed by atoms with Crippen LogP contribution >= 0.6 is 15.9 Å². The zero-order valence-corrected chi connectivity index (χ0v) is 13.1. The first-order valence-electron chi connectivity index (χ1n) is 6.68. The highest BCUT2D eigenvalue weighted by atomic mass is 79.9. The molecule has 0 saturated carbocycles. The van der Waals surface area contributed by atoms with E-state index >= 15 is 0 Å². The molecule has 0 aliphatic rings. The summed E-state index contributed by atoms with van der Waals surface area (Å²) in [7, 11) is 0. The van der Waals surface area contributed by atoms with Crippen LogP contribution in [-0.4, -0.2) is 17.0 Å². The standard InChI is InChI=1S/C14H23BrN2O/c1-4-17-10-12(15)9-13(17)14(18)16-8-6-5-7-11(2)3/h9-11H,4-8H2,1-3H3,(H,16,18). The molecule has 4 heteroatoms. The van der Waals surface area contributed by atoms with Crippen molar-refractivity contribution in [2.75, 3.05) is 6.54 Å². The highest BCUT2D eigenvalue weighted by molar-refractivity contribution is 9.10. The number of hydrogen-bond acceptors (Lipinski definition) is 1. The molecule has 0 saturated heterocycles. The Morgan fingerprint density at radius 1 is 1.44 bits per heavy atom. The van der Waals surface area contributed by atoms with Crippen LogP contribution < -0.4 is 5.32 Å². The second-order valence-corrected chi connectivity index (χ2v) is 5.89. The number of aryl methyl sites for hydroxylation is 1. The van der Waals surface area contributed by atoms with Crippen molar-refractivity contribution in [1.82, 2.24) is 9.88 Å². The van der Waals surface area contributed by atoms with Crippen LogP contribution in [0.4, 0.5) is 0 Å². The maximum atomic E-state index is 12.0. The van der Waals surface area contributed by atoms with Crippen molar-refractivity contribution in [3.8, 4) is 0 Å². The summed E-state index contributed by atoms with van der Waals surface area (Å²) in [4.78, 5) is 12.0. The Hall–Kier alpha value is -0.770. The van der Waals surface area contributed by atoms with Crippen LogP contribution in [0, 0.1) is 5.92 Å². The van der Waals surface area contributed by atoms with E-state index in [0.29, 0.717) is 0 Å². The highest BCUT2D eigenvalue weighted by Crippen LogP contribution is 2.15. The number of halogens is 1. The van der Waals surface area contributed by atoms with Crippen molar-refractivity contribution < 1.29 is 4.79 Å². The topological polar surface area (TPSA) is 34.0 Å². The molecule has 1 rings (SSSR count). The number of nitrogens with one attached hydrogen (secondary N) is 1. The first-order valence-corrected chi connectivity index (χ1v) is 7.47. The Labute approximate surface area is 118 Å². The van der Waals surface area contributed by atoms with Gasteiger partial charge in [0.1, 0.15) is 5.69 Å². The van der Waals surface area contributed by atoms with Gasteiger partial charge in [0.25, 0.3) is 5.91 Å². The van der Waals surface area contributed by atoms with Crippen molar-refractivity contribution in [2.24, 2.45) is 5.92 Å². The molecule has 0 aliphatic carbocycles. The zero-order chi connectivity index (χ0) is 13.5. The first-order chi connectivity index (χ1) is 8.54. The van der Waals surface area contributed by atoms with Gasteiger partial charge >= 0.3 is 0 Å². The average molecular weight is 315 g/mol. The van der Waals surface area contributed by atoms with Crippen molar-refractivity contribution in [3.63, 3.8) is 0 Å². The third-order valence-electron chi connectivity index (χ3n) is 2.93. The highest BCUT2D eigenvalue weighted by Gasteiger charge is 2.11. The summed E-state index contributed by atoms with van der Waals surface area (Å²) in [5.41, 5.74) is 0.730. The van der Waals surface area contributed by atoms with Gasteiger partial charge in [-0.15, -0.1) is 0 Å². The number of carbonyl (C=O) groups is 1. The van der Waals surface area contributed by atoms with E-state index < -0.39 is 0 Å². The van der Waals surface area contributed by atoms with Crippen molar-refractivity contribution in [1.29, 1.82) is 0 Å². The molecule has 1 amide bonds. The molecule has 0 bridgehead atoms. The third-order valence-corrected chi connectivity index (χ3v) is 3.36. The number of nitrogens with zero attached hydrogens (tertiary/aromatic N) is 1. The van der Waals surface area contributed by atoms with E-state index in [9.17, 15) is 4.79 Å². The third kappa shape index (κ3) is 4.84. The van der Waals surface area contributed by atoms with Gasteiger partial charge in [0, 0.05) is 23.8 Å². The van der Waals surface area contributed by atoms with Crippen molar-refractivity contribution in [2.45, 2.75) is 46.6 Å². The lowest BCUT2D eigenvalue weighted by Crippen LogP contribution is -2.26. The number of hydrogen-bond donors (Lipinski definition) is 1. The van der Waals surface area contributed by atoms with Gasteiger partial charge in [-0.25, -0.2) is 0 Å². The molecule has 3 nitrogen and oxygen atoms in total. The van der Waals surface area contributed by atoms with Crippen LogP contribution in [0.15, 0.2) is 16.7 Å². The molecule has 1 heterocycles. The smallest absolute Gasteiger partial charge is 0.267 e. The molecule has 0 fully saturated rings. The number of carbonyl (C=O) groups excluding carboxylic acids is 1. The van der Waals surface area contributed by atoms with Crippen LogP contribution in [0.1, 0.15) is 50.5 Å². The monoisotopic (exact) mass is 314 g/mol. The van der Waals surface area contributed by atoms with Crippen LogP contribution in [0.25, 0.3) is 0 Å². The molecule has 0 aromatic carbocycles. The molecule has 18 heavy (non-hydrogen) atoms. The predicted octanol–water partition coefficient (Wildman–Crippen LogP) is 3.83. The lowest BCUT2D eigenvalue weighted by molar-refractivity contribution is 0.0943. The average Bonchev–Trinajstić information content (AvgIpc) is 2.69. The molecular weight excluding hydrogens is 292 g/mol. The summed E-state index contributed by atoms with van der Waals surface area (Å²) in [6, 6.07) is 1.87. The molecule has 0 unspecified atom stereocenters. The Kier molecular flexibility index (Phi) is 6.47. The van der Waals surface area contributed by atoms with Crippen LogP contribution in [0.2, 0.25) is 0 Å². The molecule has 0 atom stereocenters. The number of amides is 1. The van der Waals surface area contributed by atoms with E-state index in [1.807, 2.05) is 23.8 Å². The Bertz CT molecular complexity index is 385. The Morgan fingerprint density at radius 3 is 2.78 bits per heavy atom. The predicted molar refractivity (Wildman–Crippen MR) is 78.8 cm³/mol. The van der Waals surface area contributed by atoms with E-state index in [0.717, 1.165) is 35.6 Å². The molecule has 1 aromatic heterocycles. The van der Waals surface area contributed by atoms with Gasteiger partial charge in [0.15, 0.2) is 0 Å². The molecule has 0 spiro atoms. The fourth-order valence-corrected chi connectivity index (χ4v) is 2.36. The minimum absolute atomic E-state index is 0.0205. The van der Waals surface area contributed by atoms with Gasteiger partial charge in [-0.1, -0.05) is 26.7 Å². The fraction of sp³-hybridized carbons (Fsp3) is 0.643. The molecule has 102 valence electrons. The minimum atomic E-state index is 0.0205. The lowest BCUT2D eigenvalue weighted by Gasteiger charge is -2.08. The van der Waals surface area contributed by atoms with Crippen molar-refractivity contribution >= 4 is 21.8 Å². The summed E-state index contributed by atoms with van der Waals surface area (Å²) in [6.07, 6.45) is 5.40.